The Morgan fingerprint density at radius 1 is 0.795 bits per heavy atom. The van der Waals surface area contributed by atoms with Crippen LogP contribution in [0.2, 0.25) is 0 Å². The second-order valence-electron chi connectivity index (χ2n) is 11.2. The summed E-state index contributed by atoms with van der Waals surface area (Å²) in [6.45, 7) is 6.73. The van der Waals surface area contributed by atoms with E-state index in [1.165, 1.54) is 16.8 Å². The van der Waals surface area contributed by atoms with E-state index in [-0.39, 0.29) is 11.2 Å². The molecule has 0 fully saturated rings. The first-order valence-electron chi connectivity index (χ1n) is 13.9. The summed E-state index contributed by atoms with van der Waals surface area (Å²) in [7, 11) is 2.18. The van der Waals surface area contributed by atoms with Crippen LogP contribution >= 0.6 is 0 Å². The van der Waals surface area contributed by atoms with Gasteiger partial charge < -0.3 is 4.90 Å². The van der Waals surface area contributed by atoms with Crippen molar-refractivity contribution < 1.29 is 4.79 Å². The fourth-order valence-electron chi connectivity index (χ4n) is 7.01. The van der Waals surface area contributed by atoms with Gasteiger partial charge in [-0.3, -0.25) is 4.79 Å². The van der Waals surface area contributed by atoms with Gasteiger partial charge in [-0.05, 0) is 59.4 Å². The molecule has 1 spiro atoms. The number of anilines is 1. The molecule has 4 aromatic carbocycles. The molecule has 1 aliphatic carbocycles. The van der Waals surface area contributed by atoms with E-state index in [9.17, 15) is 4.79 Å². The highest BCUT2D eigenvalue weighted by atomic mass is 16.1. The summed E-state index contributed by atoms with van der Waals surface area (Å²) in [5.74, 6) is -0.248. The van der Waals surface area contributed by atoms with Crippen molar-refractivity contribution in [3.63, 3.8) is 0 Å². The standard InChI is InChI=1S/C37H35NO/c1-5-36(3)32-18-12-13-19-33(32)38(4)37(36)25-30(27-14-8-6-9-15-27)24-31(28-22-20-26(2)21-23-28)34(37)35(39)29-16-10-7-11-17-29/h6-25,34H,5H2,1-4H3/t34-,36+,37-/m0/s1. The number of aryl methyl sites for hydroxylation is 1. The Balaban J connectivity index is 1.70. The number of hydrogen-bond acceptors (Lipinski definition) is 2. The summed E-state index contributed by atoms with van der Waals surface area (Å²) >= 11 is 0. The first-order chi connectivity index (χ1) is 18.9. The molecule has 2 aliphatic rings. The minimum Gasteiger partial charge on any atom is -0.363 e. The third kappa shape index (κ3) is 3.73. The van der Waals surface area contributed by atoms with Crippen LogP contribution in [0.25, 0.3) is 11.1 Å². The number of nitrogens with zero attached hydrogens (tertiary/aromatic N) is 1. The average molecular weight is 510 g/mol. The third-order valence-corrected chi connectivity index (χ3v) is 9.26. The molecule has 0 saturated carbocycles. The van der Waals surface area contributed by atoms with Crippen LogP contribution in [0.15, 0.2) is 121 Å². The van der Waals surface area contributed by atoms with Crippen molar-refractivity contribution in [2.24, 2.45) is 5.92 Å². The van der Waals surface area contributed by atoms with Gasteiger partial charge in [-0.2, -0.15) is 0 Å². The molecule has 4 aromatic rings. The number of rotatable bonds is 5. The van der Waals surface area contributed by atoms with Crippen molar-refractivity contribution in [2.45, 2.75) is 38.1 Å². The topological polar surface area (TPSA) is 20.3 Å². The van der Waals surface area contributed by atoms with E-state index in [0.29, 0.717) is 0 Å². The predicted octanol–water partition coefficient (Wildman–Crippen LogP) is 8.53. The number of para-hydroxylation sites is 1. The Morgan fingerprint density at radius 2 is 1.41 bits per heavy atom. The van der Waals surface area contributed by atoms with Crippen molar-refractivity contribution in [2.75, 3.05) is 11.9 Å². The van der Waals surface area contributed by atoms with Gasteiger partial charge in [0.1, 0.15) is 0 Å². The molecular weight excluding hydrogens is 474 g/mol. The van der Waals surface area contributed by atoms with Gasteiger partial charge in [-0.1, -0.05) is 123 Å². The summed E-state index contributed by atoms with van der Waals surface area (Å²) in [6.07, 6.45) is 5.57. The number of benzene rings is 4. The highest BCUT2D eigenvalue weighted by molar-refractivity contribution is 6.10. The molecule has 0 saturated heterocycles. The lowest BCUT2D eigenvalue weighted by Gasteiger charge is -2.53. The fraction of sp³-hybridized carbons (Fsp3) is 0.216. The van der Waals surface area contributed by atoms with Crippen LogP contribution in [0.3, 0.4) is 0 Å². The van der Waals surface area contributed by atoms with E-state index in [1.54, 1.807) is 0 Å². The van der Waals surface area contributed by atoms with Gasteiger partial charge >= 0.3 is 0 Å². The Hall–Kier alpha value is -4.17. The van der Waals surface area contributed by atoms with Crippen molar-refractivity contribution in [3.05, 3.63) is 149 Å². The van der Waals surface area contributed by atoms with E-state index >= 15 is 0 Å². The Morgan fingerprint density at radius 3 is 2.08 bits per heavy atom. The zero-order valence-corrected chi connectivity index (χ0v) is 23.2. The number of carbonyl (C=O) groups is 1. The van der Waals surface area contributed by atoms with Crippen LogP contribution < -0.4 is 4.90 Å². The molecule has 1 aliphatic heterocycles. The molecular formula is C37H35NO. The first-order valence-corrected chi connectivity index (χ1v) is 13.9. The quantitative estimate of drug-likeness (QED) is 0.251. The maximum Gasteiger partial charge on any atom is 0.173 e. The van der Waals surface area contributed by atoms with Crippen molar-refractivity contribution in [1.29, 1.82) is 0 Å². The van der Waals surface area contributed by atoms with Crippen LogP contribution in [-0.2, 0) is 5.41 Å². The third-order valence-electron chi connectivity index (χ3n) is 9.26. The molecule has 194 valence electrons. The fourth-order valence-corrected chi connectivity index (χ4v) is 7.01. The van der Waals surface area contributed by atoms with Gasteiger partial charge in [0.2, 0.25) is 0 Å². The zero-order chi connectivity index (χ0) is 27.2. The van der Waals surface area contributed by atoms with Crippen LogP contribution in [0.5, 0.6) is 0 Å². The van der Waals surface area contributed by atoms with Gasteiger partial charge in [0.25, 0.3) is 0 Å². The van der Waals surface area contributed by atoms with Crippen molar-refractivity contribution >= 4 is 22.6 Å². The molecule has 0 aromatic heterocycles. The molecule has 2 nitrogen and oxygen atoms in total. The van der Waals surface area contributed by atoms with Gasteiger partial charge in [-0.25, -0.2) is 0 Å². The predicted molar refractivity (Wildman–Crippen MR) is 163 cm³/mol. The minimum atomic E-state index is -0.613. The molecule has 0 bridgehead atoms. The normalized spacial score (nSPS) is 23.8. The second kappa shape index (κ2) is 9.54. The average Bonchev–Trinajstić information content (AvgIpc) is 3.17. The molecule has 0 amide bonds. The second-order valence-corrected chi connectivity index (χ2v) is 11.2. The van der Waals surface area contributed by atoms with E-state index in [0.717, 1.165) is 34.3 Å². The Kier molecular flexibility index (Phi) is 6.14. The summed E-state index contributed by atoms with van der Waals surface area (Å²) < 4.78 is 0. The van der Waals surface area contributed by atoms with Crippen LogP contribution in [0.1, 0.15) is 52.9 Å². The lowest BCUT2D eigenvalue weighted by Crippen LogP contribution is -2.62. The summed E-state index contributed by atoms with van der Waals surface area (Å²) in [5.41, 5.74) is 8.02. The molecule has 1 heterocycles. The number of allylic oxidation sites excluding steroid dienone is 2. The van der Waals surface area contributed by atoms with E-state index < -0.39 is 11.5 Å². The molecule has 0 N–H and O–H groups in total. The number of likely N-dealkylation sites (N-methyl/N-ethyl adjacent to an activating group) is 1. The van der Waals surface area contributed by atoms with Gasteiger partial charge in [0, 0.05) is 23.7 Å². The van der Waals surface area contributed by atoms with Gasteiger partial charge in [0.15, 0.2) is 5.78 Å². The monoisotopic (exact) mass is 509 g/mol. The Bertz CT molecular complexity index is 1580. The molecule has 2 heteroatoms. The van der Waals surface area contributed by atoms with E-state index in [2.05, 4.69) is 124 Å². The molecule has 6 rings (SSSR count). The van der Waals surface area contributed by atoms with Crippen LogP contribution in [0, 0.1) is 12.8 Å². The van der Waals surface area contributed by atoms with E-state index in [1.807, 2.05) is 30.3 Å². The summed E-state index contributed by atoms with van der Waals surface area (Å²) in [6, 6.07) is 37.8. The minimum absolute atomic E-state index is 0.158. The summed E-state index contributed by atoms with van der Waals surface area (Å²) in [4.78, 5) is 17.3. The number of Topliss-reactive ketones (excluding diaryl/α,β-unsaturated/α-hetero) is 1. The number of carbonyl (C=O) groups excluding carboxylic acids is 1. The van der Waals surface area contributed by atoms with Gasteiger partial charge in [-0.15, -0.1) is 0 Å². The van der Waals surface area contributed by atoms with Crippen molar-refractivity contribution in [3.8, 4) is 0 Å². The van der Waals surface area contributed by atoms with Crippen LogP contribution in [-0.4, -0.2) is 18.4 Å². The van der Waals surface area contributed by atoms with Crippen LogP contribution in [0.4, 0.5) is 5.69 Å². The largest absolute Gasteiger partial charge is 0.363 e. The Labute approximate surface area is 232 Å². The number of hydrogen-bond donors (Lipinski definition) is 0. The lowest BCUT2D eigenvalue weighted by molar-refractivity contribution is 0.0877. The zero-order valence-electron chi connectivity index (χ0n) is 23.2. The molecule has 0 unspecified atom stereocenters. The first kappa shape index (κ1) is 25.1. The SMILES string of the molecule is CC[C@]1(C)c2ccccc2N(C)[C@]12C=C(c1ccccc1)C=C(c1ccc(C)cc1)[C@H]2C(=O)c1ccccc1. The molecule has 39 heavy (non-hydrogen) atoms. The van der Waals surface area contributed by atoms with Crippen molar-refractivity contribution in [1.82, 2.24) is 0 Å². The molecule has 3 atom stereocenters. The van der Waals surface area contributed by atoms with Gasteiger partial charge in [0.05, 0.1) is 11.5 Å². The maximum absolute atomic E-state index is 14.9. The summed E-state index contributed by atoms with van der Waals surface area (Å²) in [5, 5.41) is 0. The smallest absolute Gasteiger partial charge is 0.173 e. The van der Waals surface area contributed by atoms with E-state index in [4.69, 9.17) is 0 Å². The molecule has 0 radical (unpaired) electrons. The highest BCUT2D eigenvalue weighted by Gasteiger charge is 2.63. The number of ketones is 1. The number of fused-ring (bicyclic) bond motifs is 1. The lowest BCUT2D eigenvalue weighted by atomic mass is 9.55. The highest BCUT2D eigenvalue weighted by Crippen LogP contribution is 2.61. The maximum atomic E-state index is 14.9.